The van der Waals surface area contributed by atoms with E-state index in [-0.39, 0.29) is 0 Å². The maximum Gasteiger partial charge on any atom is 0.0660 e. The van der Waals surface area contributed by atoms with Crippen molar-refractivity contribution in [2.75, 3.05) is 69.0 Å². The van der Waals surface area contributed by atoms with Crippen LogP contribution >= 0.6 is 0 Å². The molecule has 5 heteroatoms. The lowest BCUT2D eigenvalue weighted by Crippen LogP contribution is -2.44. The number of hydrogen-bond donors (Lipinski definition) is 1. The lowest BCUT2D eigenvalue weighted by Gasteiger charge is -2.34. The minimum Gasteiger partial charge on any atom is -0.378 e. The van der Waals surface area contributed by atoms with Gasteiger partial charge in [-0.1, -0.05) is 24.3 Å². The van der Waals surface area contributed by atoms with Crippen LogP contribution in [0.15, 0.2) is 77.9 Å². The summed E-state index contributed by atoms with van der Waals surface area (Å²) in [6.45, 7) is 5.09. The molecule has 2 aliphatic heterocycles. The highest BCUT2D eigenvalue weighted by atomic mass is 15.2. The Hall–Kier alpha value is -3.57. The van der Waals surface area contributed by atoms with Crippen molar-refractivity contribution in [3.63, 3.8) is 0 Å². The van der Waals surface area contributed by atoms with Crippen LogP contribution in [0.25, 0.3) is 16.7 Å². The normalized spacial score (nSPS) is 17.0. The van der Waals surface area contributed by atoms with E-state index in [0.717, 1.165) is 31.9 Å². The van der Waals surface area contributed by atoms with E-state index < -0.39 is 0 Å². The number of piperazine rings is 1. The molecule has 5 rings (SSSR count). The molecule has 5 nitrogen and oxygen atoms in total. The zero-order chi connectivity index (χ0) is 23.5. The van der Waals surface area contributed by atoms with Gasteiger partial charge in [-0.3, -0.25) is 4.99 Å². The summed E-state index contributed by atoms with van der Waals surface area (Å²) in [6.07, 6.45) is 4.09. The molecule has 0 spiro atoms. The summed E-state index contributed by atoms with van der Waals surface area (Å²) in [4.78, 5) is 11.5. The number of aliphatic imine (C=N–C) groups is 1. The number of benzene rings is 3. The van der Waals surface area contributed by atoms with E-state index in [4.69, 9.17) is 0 Å². The molecule has 1 saturated heterocycles. The molecule has 1 N–H and O–H groups in total. The van der Waals surface area contributed by atoms with Crippen LogP contribution in [0.5, 0.6) is 0 Å². The molecule has 0 saturated carbocycles. The summed E-state index contributed by atoms with van der Waals surface area (Å²) < 4.78 is 0. The van der Waals surface area contributed by atoms with Crippen molar-refractivity contribution in [1.82, 2.24) is 4.90 Å². The molecule has 0 amide bonds. The van der Waals surface area contributed by atoms with Gasteiger partial charge in [-0.2, -0.15) is 0 Å². The van der Waals surface area contributed by atoms with Gasteiger partial charge in [0.15, 0.2) is 0 Å². The zero-order valence-electron chi connectivity index (χ0n) is 20.3. The second-order valence-corrected chi connectivity index (χ2v) is 9.36. The van der Waals surface area contributed by atoms with Crippen molar-refractivity contribution in [1.29, 1.82) is 0 Å². The van der Waals surface area contributed by atoms with Crippen molar-refractivity contribution >= 4 is 28.8 Å². The molecule has 2 aliphatic rings. The van der Waals surface area contributed by atoms with Gasteiger partial charge in [0.25, 0.3) is 0 Å². The Morgan fingerprint density at radius 2 is 1.56 bits per heavy atom. The highest BCUT2D eigenvalue weighted by Crippen LogP contribution is 2.30. The van der Waals surface area contributed by atoms with Gasteiger partial charge in [-0.25, -0.2) is 0 Å². The number of likely N-dealkylation sites (N-methyl/N-ethyl adjacent to an activating group) is 1. The Morgan fingerprint density at radius 3 is 2.26 bits per heavy atom. The first-order chi connectivity index (χ1) is 16.6. The van der Waals surface area contributed by atoms with Crippen LogP contribution in [0.1, 0.15) is 11.1 Å². The molecule has 1 fully saturated rings. The second-order valence-electron chi connectivity index (χ2n) is 9.36. The standard InChI is InChI=1S/C29H33N5/c1-32(2)27-10-6-22(7-11-27)23-4-5-24-19-30-20-25(29(24)18-23)21-31-26-8-12-28(13-9-26)34-16-14-33(3)15-17-34/h4-13,18-19,21,31H,14-17,20H2,1-3H3. The fraction of sp³-hybridized carbons (Fsp3) is 0.276. The number of nitrogens with zero attached hydrogens (tertiary/aromatic N) is 4. The molecule has 0 unspecified atom stereocenters. The van der Waals surface area contributed by atoms with Crippen LogP contribution < -0.4 is 15.1 Å². The predicted octanol–water partition coefficient (Wildman–Crippen LogP) is 5.06. The Kier molecular flexibility index (Phi) is 6.37. The molecule has 0 atom stereocenters. The predicted molar refractivity (Wildman–Crippen MR) is 146 cm³/mol. The monoisotopic (exact) mass is 451 g/mol. The number of nitrogens with one attached hydrogen (secondary N) is 1. The van der Waals surface area contributed by atoms with Gasteiger partial charge in [-0.15, -0.1) is 0 Å². The number of anilines is 3. The van der Waals surface area contributed by atoms with Crippen LogP contribution in [-0.2, 0) is 0 Å². The average molecular weight is 452 g/mol. The van der Waals surface area contributed by atoms with Gasteiger partial charge in [0.1, 0.15) is 0 Å². The third-order valence-corrected chi connectivity index (χ3v) is 6.76. The van der Waals surface area contributed by atoms with E-state index in [1.165, 1.54) is 39.2 Å². The first kappa shape index (κ1) is 22.2. The average Bonchev–Trinajstić information content (AvgIpc) is 2.88. The summed E-state index contributed by atoms with van der Waals surface area (Å²) in [7, 11) is 6.32. The first-order valence-corrected chi connectivity index (χ1v) is 12.0. The van der Waals surface area contributed by atoms with Crippen LogP contribution in [0.4, 0.5) is 17.1 Å². The van der Waals surface area contributed by atoms with E-state index in [1.807, 2.05) is 6.21 Å². The van der Waals surface area contributed by atoms with Crippen LogP contribution in [0.2, 0.25) is 0 Å². The highest BCUT2D eigenvalue weighted by Gasteiger charge is 2.15. The van der Waals surface area contributed by atoms with Crippen molar-refractivity contribution < 1.29 is 0 Å². The van der Waals surface area contributed by atoms with Crippen molar-refractivity contribution in [3.8, 4) is 11.1 Å². The van der Waals surface area contributed by atoms with Gasteiger partial charge in [0.05, 0.1) is 6.54 Å². The second kappa shape index (κ2) is 9.74. The van der Waals surface area contributed by atoms with Gasteiger partial charge in [0, 0.05) is 69.8 Å². The number of fused-ring (bicyclic) bond motifs is 1. The summed E-state index contributed by atoms with van der Waals surface area (Å²) in [5, 5.41) is 3.50. The first-order valence-electron chi connectivity index (χ1n) is 12.0. The van der Waals surface area contributed by atoms with Crippen molar-refractivity contribution in [2.24, 2.45) is 4.99 Å². The lowest BCUT2D eigenvalue weighted by molar-refractivity contribution is 0.313. The quantitative estimate of drug-likeness (QED) is 0.588. The molecule has 3 aromatic carbocycles. The molecule has 2 heterocycles. The fourth-order valence-corrected chi connectivity index (χ4v) is 4.53. The summed E-state index contributed by atoms with van der Waals surface area (Å²) in [5.74, 6) is 0. The van der Waals surface area contributed by atoms with E-state index >= 15 is 0 Å². The minimum absolute atomic E-state index is 0.683. The molecule has 0 bridgehead atoms. The Bertz CT molecular complexity index is 1180. The van der Waals surface area contributed by atoms with E-state index in [9.17, 15) is 0 Å². The molecule has 0 aromatic heterocycles. The Morgan fingerprint density at radius 1 is 0.853 bits per heavy atom. The molecule has 3 aromatic rings. The topological polar surface area (TPSA) is 34.1 Å². The molecular weight excluding hydrogens is 418 g/mol. The third-order valence-electron chi connectivity index (χ3n) is 6.76. The summed E-state index contributed by atoms with van der Waals surface area (Å²) in [5.41, 5.74) is 9.65. The van der Waals surface area contributed by atoms with Crippen molar-refractivity contribution in [3.05, 3.63) is 84.1 Å². The number of rotatable bonds is 5. The largest absolute Gasteiger partial charge is 0.378 e. The van der Waals surface area contributed by atoms with Gasteiger partial charge >= 0.3 is 0 Å². The van der Waals surface area contributed by atoms with Gasteiger partial charge in [-0.05, 0) is 77.3 Å². The smallest absolute Gasteiger partial charge is 0.0660 e. The summed E-state index contributed by atoms with van der Waals surface area (Å²) in [6, 6.07) is 24.1. The maximum absolute atomic E-state index is 4.58. The van der Waals surface area contributed by atoms with Crippen molar-refractivity contribution in [2.45, 2.75) is 0 Å². The molecular formula is C29H33N5. The Labute approximate surface area is 203 Å². The van der Waals surface area contributed by atoms with E-state index in [0.29, 0.717) is 6.54 Å². The molecule has 0 aliphatic carbocycles. The minimum atomic E-state index is 0.683. The van der Waals surface area contributed by atoms with Crippen LogP contribution in [0, 0.1) is 0 Å². The summed E-state index contributed by atoms with van der Waals surface area (Å²) >= 11 is 0. The van der Waals surface area contributed by atoms with Gasteiger partial charge < -0.3 is 20.0 Å². The molecule has 0 radical (unpaired) electrons. The maximum atomic E-state index is 4.58. The number of hydrogen-bond acceptors (Lipinski definition) is 5. The molecule has 174 valence electrons. The Balaban J connectivity index is 1.33. The van der Waals surface area contributed by atoms with Crippen LogP contribution in [-0.4, -0.2) is 65.0 Å². The van der Waals surface area contributed by atoms with Gasteiger partial charge in [0.2, 0.25) is 0 Å². The highest BCUT2D eigenvalue weighted by molar-refractivity contribution is 5.94. The lowest BCUT2D eigenvalue weighted by atomic mass is 9.93. The SMILES string of the molecule is CN1CCN(c2ccc(NC=C3CN=Cc4ccc(-c5ccc(N(C)C)cc5)cc43)cc2)CC1. The zero-order valence-corrected chi connectivity index (χ0v) is 20.3. The third kappa shape index (κ3) is 4.85. The molecule has 34 heavy (non-hydrogen) atoms. The van der Waals surface area contributed by atoms with E-state index in [1.54, 1.807) is 0 Å². The fourth-order valence-electron chi connectivity index (χ4n) is 4.53. The van der Waals surface area contributed by atoms with Crippen LogP contribution in [0.3, 0.4) is 0 Å². The van der Waals surface area contributed by atoms with E-state index in [2.05, 4.69) is 119 Å².